The quantitative estimate of drug-likeness (QED) is 0.561. The summed E-state index contributed by atoms with van der Waals surface area (Å²) in [6, 6.07) is 2.00. The molecule has 0 amide bonds. The number of fused-ring (bicyclic) bond motifs is 1. The molecule has 1 aromatic heterocycles. The van der Waals surface area contributed by atoms with Gasteiger partial charge in [-0.15, -0.1) is 0 Å². The van der Waals surface area contributed by atoms with Crippen LogP contribution in [-0.2, 0) is 0 Å². The summed E-state index contributed by atoms with van der Waals surface area (Å²) in [5.74, 6) is 0. The Morgan fingerprint density at radius 1 is 1.58 bits per heavy atom. The van der Waals surface area contributed by atoms with Gasteiger partial charge in [0.1, 0.15) is 5.50 Å². The number of pyridine rings is 1. The van der Waals surface area contributed by atoms with E-state index in [-0.39, 0.29) is 5.50 Å². The molecule has 0 saturated carbocycles. The normalized spacial score (nSPS) is 20.0. The Morgan fingerprint density at radius 3 is 3.25 bits per heavy atom. The first-order chi connectivity index (χ1) is 5.77. The summed E-state index contributed by atoms with van der Waals surface area (Å²) in [7, 11) is 0. The van der Waals surface area contributed by atoms with Crippen molar-refractivity contribution in [1.82, 2.24) is 10.3 Å². The number of rotatable bonds is 0. The molecule has 1 unspecified atom stereocenters. The second-order valence-electron chi connectivity index (χ2n) is 2.49. The van der Waals surface area contributed by atoms with Crippen molar-refractivity contribution in [3.63, 3.8) is 0 Å². The Kier molecular flexibility index (Phi) is 2.07. The Balaban J connectivity index is 2.55. The summed E-state index contributed by atoms with van der Waals surface area (Å²) in [6.07, 6.45) is 5.52. The average Bonchev–Trinajstić information content (AvgIpc) is 2.04. The van der Waals surface area contributed by atoms with Crippen molar-refractivity contribution in [3.05, 3.63) is 34.2 Å². The fraction of sp³-hybridized carbons (Fsp3) is 0.125. The number of nitrogens with one attached hydrogen (secondary N) is 1. The highest BCUT2D eigenvalue weighted by atomic mass is 79.9. The molecule has 1 atom stereocenters. The van der Waals surface area contributed by atoms with Crippen LogP contribution >= 0.6 is 27.5 Å². The number of halogens is 2. The van der Waals surface area contributed by atoms with Gasteiger partial charge in [0.05, 0.1) is 5.69 Å². The van der Waals surface area contributed by atoms with Crippen molar-refractivity contribution >= 4 is 33.6 Å². The molecule has 1 aromatic rings. The molecule has 0 spiro atoms. The van der Waals surface area contributed by atoms with Crippen LogP contribution in [-0.4, -0.2) is 4.98 Å². The molecule has 12 heavy (non-hydrogen) atoms. The third-order valence-electron chi connectivity index (χ3n) is 1.66. The van der Waals surface area contributed by atoms with Crippen LogP contribution in [0.3, 0.4) is 0 Å². The molecule has 0 radical (unpaired) electrons. The molecule has 0 fully saturated rings. The van der Waals surface area contributed by atoms with Crippen LogP contribution in [0.25, 0.3) is 6.08 Å². The van der Waals surface area contributed by atoms with E-state index in [2.05, 4.69) is 26.2 Å². The number of alkyl halides is 1. The second kappa shape index (κ2) is 3.07. The summed E-state index contributed by atoms with van der Waals surface area (Å²) < 4.78 is 0.969. The second-order valence-corrected chi connectivity index (χ2v) is 3.84. The maximum absolute atomic E-state index is 5.96. The Morgan fingerprint density at radius 2 is 2.42 bits per heavy atom. The molecular weight excluding hydrogens is 239 g/mol. The number of nitrogens with zero attached hydrogens (tertiary/aromatic N) is 1. The lowest BCUT2D eigenvalue weighted by Crippen LogP contribution is -2.15. The van der Waals surface area contributed by atoms with Crippen LogP contribution < -0.4 is 5.32 Å². The predicted octanol–water partition coefficient (Wildman–Crippen LogP) is 2.66. The van der Waals surface area contributed by atoms with E-state index in [9.17, 15) is 0 Å². The number of hydrogen-bond acceptors (Lipinski definition) is 2. The molecule has 2 nitrogen and oxygen atoms in total. The van der Waals surface area contributed by atoms with E-state index < -0.39 is 0 Å². The van der Waals surface area contributed by atoms with E-state index in [0.717, 1.165) is 15.7 Å². The molecular formula is C8H6BrClN2. The zero-order valence-electron chi connectivity index (χ0n) is 6.09. The van der Waals surface area contributed by atoms with Crippen molar-refractivity contribution in [1.29, 1.82) is 0 Å². The molecule has 0 aromatic carbocycles. The lowest BCUT2D eigenvalue weighted by molar-refractivity contribution is 0.788. The third kappa shape index (κ3) is 1.34. The van der Waals surface area contributed by atoms with Crippen molar-refractivity contribution < 1.29 is 0 Å². The van der Waals surface area contributed by atoms with Crippen LogP contribution in [0, 0.1) is 0 Å². The SMILES string of the molecule is ClC1NC=Cc2cc(Br)cnc21. The van der Waals surface area contributed by atoms with Crippen molar-refractivity contribution in [2.24, 2.45) is 0 Å². The van der Waals surface area contributed by atoms with Gasteiger partial charge in [0, 0.05) is 16.2 Å². The van der Waals surface area contributed by atoms with E-state index in [1.807, 2.05) is 18.3 Å². The topological polar surface area (TPSA) is 24.9 Å². The van der Waals surface area contributed by atoms with Crippen LogP contribution in [0.5, 0.6) is 0 Å². The van der Waals surface area contributed by atoms with Crippen molar-refractivity contribution in [2.75, 3.05) is 0 Å². The van der Waals surface area contributed by atoms with E-state index in [1.165, 1.54) is 0 Å². The molecule has 0 saturated heterocycles. The number of aromatic nitrogens is 1. The fourth-order valence-corrected chi connectivity index (χ4v) is 1.72. The fourth-order valence-electron chi connectivity index (χ4n) is 1.11. The first-order valence-corrected chi connectivity index (χ1v) is 4.72. The molecule has 1 N–H and O–H groups in total. The molecule has 2 rings (SSSR count). The minimum Gasteiger partial charge on any atom is -0.370 e. The standard InChI is InChI=1S/C8H6BrClN2/c9-6-3-5-1-2-11-8(10)7(5)12-4-6/h1-4,8,11H. The Hall–Kier alpha value is -0.540. The molecule has 1 aliphatic heterocycles. The zero-order valence-corrected chi connectivity index (χ0v) is 8.43. The Labute approximate surface area is 83.8 Å². The van der Waals surface area contributed by atoms with Crippen molar-refractivity contribution in [2.45, 2.75) is 5.50 Å². The van der Waals surface area contributed by atoms with Crippen LogP contribution in [0.2, 0.25) is 0 Å². The third-order valence-corrected chi connectivity index (χ3v) is 2.43. The molecule has 0 bridgehead atoms. The predicted molar refractivity (Wildman–Crippen MR) is 52.7 cm³/mol. The van der Waals surface area contributed by atoms with Gasteiger partial charge in [-0.1, -0.05) is 11.6 Å². The first-order valence-electron chi connectivity index (χ1n) is 3.49. The van der Waals surface area contributed by atoms with E-state index in [0.29, 0.717) is 0 Å². The molecule has 62 valence electrons. The lowest BCUT2D eigenvalue weighted by atomic mass is 10.1. The summed E-state index contributed by atoms with van der Waals surface area (Å²) in [5.41, 5.74) is 1.73. The summed E-state index contributed by atoms with van der Waals surface area (Å²) in [5, 5.41) is 2.96. The highest BCUT2D eigenvalue weighted by molar-refractivity contribution is 9.10. The van der Waals surface area contributed by atoms with Crippen LogP contribution in [0.15, 0.2) is 22.9 Å². The van der Waals surface area contributed by atoms with Gasteiger partial charge in [0.2, 0.25) is 0 Å². The average molecular weight is 246 g/mol. The molecule has 2 heterocycles. The summed E-state index contributed by atoms with van der Waals surface area (Å²) in [6.45, 7) is 0. The number of hydrogen-bond donors (Lipinski definition) is 1. The van der Waals surface area contributed by atoms with E-state index in [4.69, 9.17) is 11.6 Å². The largest absolute Gasteiger partial charge is 0.370 e. The smallest absolute Gasteiger partial charge is 0.144 e. The lowest BCUT2D eigenvalue weighted by Gasteiger charge is -2.16. The van der Waals surface area contributed by atoms with Gasteiger partial charge in [-0.25, -0.2) is 0 Å². The van der Waals surface area contributed by atoms with Gasteiger partial charge >= 0.3 is 0 Å². The first kappa shape index (κ1) is 8.08. The maximum Gasteiger partial charge on any atom is 0.144 e. The maximum atomic E-state index is 5.96. The summed E-state index contributed by atoms with van der Waals surface area (Å²) >= 11 is 9.31. The monoisotopic (exact) mass is 244 g/mol. The molecule has 1 aliphatic rings. The van der Waals surface area contributed by atoms with Gasteiger partial charge in [-0.05, 0) is 34.3 Å². The summed E-state index contributed by atoms with van der Waals surface area (Å²) in [4.78, 5) is 4.21. The van der Waals surface area contributed by atoms with Crippen LogP contribution in [0.1, 0.15) is 16.8 Å². The molecule has 0 aliphatic carbocycles. The van der Waals surface area contributed by atoms with Gasteiger partial charge < -0.3 is 5.32 Å². The van der Waals surface area contributed by atoms with Crippen molar-refractivity contribution in [3.8, 4) is 0 Å². The van der Waals surface area contributed by atoms with Gasteiger partial charge in [-0.3, -0.25) is 4.98 Å². The molecule has 4 heteroatoms. The van der Waals surface area contributed by atoms with E-state index in [1.54, 1.807) is 6.20 Å². The Bertz CT molecular complexity index is 338. The highest BCUT2D eigenvalue weighted by Crippen LogP contribution is 2.26. The minimum absolute atomic E-state index is 0.210. The van der Waals surface area contributed by atoms with E-state index >= 15 is 0 Å². The minimum atomic E-state index is -0.210. The van der Waals surface area contributed by atoms with Gasteiger partial charge in [-0.2, -0.15) is 0 Å². The zero-order chi connectivity index (χ0) is 8.55. The van der Waals surface area contributed by atoms with Crippen LogP contribution in [0.4, 0.5) is 0 Å². The van der Waals surface area contributed by atoms with Gasteiger partial charge in [0.15, 0.2) is 0 Å². The van der Waals surface area contributed by atoms with Gasteiger partial charge in [0.25, 0.3) is 0 Å². The highest BCUT2D eigenvalue weighted by Gasteiger charge is 2.14.